The molecule has 0 aromatic carbocycles. The monoisotopic (exact) mass is 358 g/mol. The van der Waals surface area contributed by atoms with Gasteiger partial charge < -0.3 is 23.9 Å². The quantitative estimate of drug-likeness (QED) is 0.867. The number of hydrogen-bond acceptors (Lipinski definition) is 5. The summed E-state index contributed by atoms with van der Waals surface area (Å²) in [5.41, 5.74) is -0.0449. The maximum atomic E-state index is 12.7. The second kappa shape index (κ2) is 6.28. The van der Waals surface area contributed by atoms with Crippen molar-refractivity contribution in [1.29, 1.82) is 0 Å². The van der Waals surface area contributed by atoms with Crippen molar-refractivity contribution in [1.82, 2.24) is 19.8 Å². The molecule has 1 N–H and O–H groups in total. The minimum atomic E-state index is -0.638. The van der Waals surface area contributed by atoms with Crippen molar-refractivity contribution < 1.29 is 18.7 Å². The number of carbonyl (C=O) groups excluding carboxylic acids is 2. The van der Waals surface area contributed by atoms with E-state index < -0.39 is 11.7 Å². The van der Waals surface area contributed by atoms with Crippen LogP contribution < -0.4 is 5.32 Å². The Morgan fingerprint density at radius 3 is 2.77 bits per heavy atom. The molecule has 8 nitrogen and oxygen atoms in total. The molecule has 1 fully saturated rings. The minimum Gasteiger partial charge on any atom is -0.469 e. The van der Waals surface area contributed by atoms with E-state index in [0.29, 0.717) is 43.8 Å². The zero-order valence-corrected chi connectivity index (χ0v) is 14.9. The number of furan rings is 1. The van der Waals surface area contributed by atoms with E-state index in [1.165, 1.54) is 6.26 Å². The number of imidazole rings is 1. The number of hydrogen-bond donors (Lipinski definition) is 1. The van der Waals surface area contributed by atoms with Gasteiger partial charge in [-0.3, -0.25) is 9.59 Å². The highest BCUT2D eigenvalue weighted by molar-refractivity contribution is 5.95. The SMILES string of the molecule is CNC(=O)C1Cn2ccnc2C2(CCN(C(=O)c3ccoc3C)CC2)O1. The molecule has 0 radical (unpaired) electrons. The fourth-order valence-corrected chi connectivity index (χ4v) is 3.88. The topological polar surface area (TPSA) is 89.6 Å². The summed E-state index contributed by atoms with van der Waals surface area (Å²) >= 11 is 0. The first-order chi connectivity index (χ1) is 12.5. The number of nitrogens with zero attached hydrogens (tertiary/aromatic N) is 3. The van der Waals surface area contributed by atoms with E-state index >= 15 is 0 Å². The molecule has 0 bridgehead atoms. The van der Waals surface area contributed by atoms with Crippen LogP contribution in [-0.2, 0) is 21.7 Å². The van der Waals surface area contributed by atoms with E-state index in [1.807, 2.05) is 15.7 Å². The van der Waals surface area contributed by atoms with Crippen LogP contribution in [0.3, 0.4) is 0 Å². The van der Waals surface area contributed by atoms with Gasteiger partial charge in [0.05, 0.1) is 18.4 Å². The Bertz CT molecular complexity index is 832. The van der Waals surface area contributed by atoms with Gasteiger partial charge >= 0.3 is 0 Å². The number of nitrogens with one attached hydrogen (secondary N) is 1. The molecule has 26 heavy (non-hydrogen) atoms. The third kappa shape index (κ3) is 2.61. The standard InChI is InChI=1S/C18H22N4O4/c1-12-13(3-10-25-12)16(24)21-7-4-18(5-8-21)17-20-6-9-22(17)11-14(26-18)15(23)19-2/h3,6,9-10,14H,4-5,7-8,11H2,1-2H3,(H,19,23). The third-order valence-electron chi connectivity index (χ3n) is 5.34. The zero-order valence-electron chi connectivity index (χ0n) is 14.9. The lowest BCUT2D eigenvalue weighted by Gasteiger charge is -2.45. The maximum absolute atomic E-state index is 12.7. The maximum Gasteiger partial charge on any atom is 0.257 e. The van der Waals surface area contributed by atoms with Gasteiger partial charge in [-0.1, -0.05) is 0 Å². The second-order valence-electron chi connectivity index (χ2n) is 6.80. The molecular formula is C18H22N4O4. The molecule has 4 rings (SSSR count). The molecule has 0 aliphatic carbocycles. The summed E-state index contributed by atoms with van der Waals surface area (Å²) in [6, 6.07) is 1.70. The molecule has 2 amide bonds. The largest absolute Gasteiger partial charge is 0.469 e. The molecule has 1 spiro atoms. The molecule has 1 atom stereocenters. The van der Waals surface area contributed by atoms with Gasteiger partial charge in [0.2, 0.25) is 0 Å². The van der Waals surface area contributed by atoms with Crippen molar-refractivity contribution in [2.45, 2.75) is 38.0 Å². The summed E-state index contributed by atoms with van der Waals surface area (Å²) in [4.78, 5) is 31.1. The van der Waals surface area contributed by atoms with Gasteiger partial charge in [-0.2, -0.15) is 0 Å². The van der Waals surface area contributed by atoms with Crippen LogP contribution in [0.25, 0.3) is 0 Å². The van der Waals surface area contributed by atoms with E-state index in [2.05, 4.69) is 10.3 Å². The summed E-state index contributed by atoms with van der Waals surface area (Å²) in [6.45, 7) is 3.31. The van der Waals surface area contributed by atoms with Crippen molar-refractivity contribution in [3.63, 3.8) is 0 Å². The number of carbonyl (C=O) groups is 2. The fraction of sp³-hybridized carbons (Fsp3) is 0.500. The van der Waals surface area contributed by atoms with E-state index in [4.69, 9.17) is 9.15 Å². The summed E-state index contributed by atoms with van der Waals surface area (Å²) in [6.07, 6.45) is 5.78. The highest BCUT2D eigenvalue weighted by Crippen LogP contribution is 2.40. The van der Waals surface area contributed by atoms with Gasteiger partial charge in [-0.05, 0) is 13.0 Å². The molecule has 2 aliphatic heterocycles. The summed E-state index contributed by atoms with van der Waals surface area (Å²) in [5, 5.41) is 2.66. The Balaban J connectivity index is 1.55. The number of piperidine rings is 1. The van der Waals surface area contributed by atoms with Gasteiger partial charge in [0.25, 0.3) is 11.8 Å². The number of aryl methyl sites for hydroxylation is 1. The number of likely N-dealkylation sites (tertiary alicyclic amines) is 1. The molecule has 1 unspecified atom stereocenters. The number of likely N-dealkylation sites (N-methyl/N-ethyl adjacent to an activating group) is 1. The average Bonchev–Trinajstić information content (AvgIpc) is 3.30. The van der Waals surface area contributed by atoms with Crippen LogP contribution in [0.5, 0.6) is 0 Å². The van der Waals surface area contributed by atoms with Gasteiger partial charge in [0.1, 0.15) is 17.2 Å². The predicted molar refractivity (Wildman–Crippen MR) is 91.4 cm³/mol. The molecule has 4 heterocycles. The number of fused-ring (bicyclic) bond motifs is 2. The molecule has 8 heteroatoms. The van der Waals surface area contributed by atoms with Crippen molar-refractivity contribution >= 4 is 11.8 Å². The molecule has 138 valence electrons. The number of ether oxygens (including phenoxy) is 1. The predicted octanol–water partition coefficient (Wildman–Crippen LogP) is 1.06. The summed E-state index contributed by atoms with van der Waals surface area (Å²) < 4.78 is 13.5. The molecule has 2 aromatic rings. The second-order valence-corrected chi connectivity index (χ2v) is 6.80. The normalized spacial score (nSPS) is 21.5. The lowest BCUT2D eigenvalue weighted by molar-refractivity contribution is -0.171. The van der Waals surface area contributed by atoms with Crippen molar-refractivity contribution in [2.75, 3.05) is 20.1 Å². The molecule has 1 saturated heterocycles. The Morgan fingerprint density at radius 2 is 2.12 bits per heavy atom. The van der Waals surface area contributed by atoms with Crippen molar-refractivity contribution in [2.24, 2.45) is 0 Å². The lowest BCUT2D eigenvalue weighted by Crippen LogP contribution is -2.54. The summed E-state index contributed by atoms with van der Waals surface area (Å²) in [5.74, 6) is 1.29. The summed E-state index contributed by atoms with van der Waals surface area (Å²) in [7, 11) is 1.61. The van der Waals surface area contributed by atoms with Crippen molar-refractivity contribution in [3.05, 3.63) is 41.9 Å². The number of aromatic nitrogens is 2. The molecule has 0 saturated carbocycles. The van der Waals surface area contributed by atoms with Crippen LogP contribution in [0.4, 0.5) is 0 Å². The van der Waals surface area contributed by atoms with Crippen LogP contribution >= 0.6 is 0 Å². The van der Waals surface area contributed by atoms with Gasteiger partial charge in [-0.25, -0.2) is 4.98 Å². The smallest absolute Gasteiger partial charge is 0.257 e. The number of amides is 2. The Morgan fingerprint density at radius 1 is 1.35 bits per heavy atom. The fourth-order valence-electron chi connectivity index (χ4n) is 3.88. The van der Waals surface area contributed by atoms with Gasteiger partial charge in [0.15, 0.2) is 6.10 Å². The van der Waals surface area contributed by atoms with Crippen LogP contribution in [0.15, 0.2) is 29.1 Å². The Labute approximate surface area is 151 Å². The number of rotatable bonds is 2. The van der Waals surface area contributed by atoms with Crippen LogP contribution in [0.2, 0.25) is 0 Å². The van der Waals surface area contributed by atoms with Gasteiger partial charge in [0, 0.05) is 45.4 Å². The minimum absolute atomic E-state index is 0.0342. The third-order valence-corrected chi connectivity index (χ3v) is 5.34. The average molecular weight is 358 g/mol. The van der Waals surface area contributed by atoms with E-state index in [1.54, 1.807) is 26.2 Å². The Kier molecular flexibility index (Phi) is 4.07. The van der Waals surface area contributed by atoms with E-state index in [-0.39, 0.29) is 11.8 Å². The Hall–Kier alpha value is -2.61. The van der Waals surface area contributed by atoms with E-state index in [9.17, 15) is 9.59 Å². The van der Waals surface area contributed by atoms with Crippen LogP contribution in [0.1, 0.15) is 34.8 Å². The van der Waals surface area contributed by atoms with Crippen molar-refractivity contribution in [3.8, 4) is 0 Å². The lowest BCUT2D eigenvalue weighted by atomic mass is 9.88. The van der Waals surface area contributed by atoms with E-state index in [0.717, 1.165) is 5.82 Å². The molecular weight excluding hydrogens is 336 g/mol. The first kappa shape index (κ1) is 16.8. The first-order valence-electron chi connectivity index (χ1n) is 8.78. The zero-order chi connectivity index (χ0) is 18.3. The highest BCUT2D eigenvalue weighted by atomic mass is 16.5. The molecule has 2 aromatic heterocycles. The highest BCUT2D eigenvalue weighted by Gasteiger charge is 2.47. The first-order valence-corrected chi connectivity index (χ1v) is 8.78. The molecule has 2 aliphatic rings. The van der Waals surface area contributed by atoms with Gasteiger partial charge in [-0.15, -0.1) is 0 Å². The van der Waals surface area contributed by atoms with Crippen LogP contribution in [0, 0.1) is 6.92 Å². The van der Waals surface area contributed by atoms with Crippen LogP contribution in [-0.4, -0.2) is 52.5 Å².